The van der Waals surface area contributed by atoms with E-state index in [0.29, 0.717) is 24.3 Å². The predicted octanol–water partition coefficient (Wildman–Crippen LogP) is 6.13. The predicted molar refractivity (Wildman–Crippen MR) is 155 cm³/mol. The second kappa shape index (κ2) is 11.0. The number of rotatable bonds is 9. The van der Waals surface area contributed by atoms with Crippen molar-refractivity contribution < 1.29 is 33.3 Å². The maximum Gasteiger partial charge on any atom is 0.310 e. The Kier molecular flexibility index (Phi) is 7.92. The van der Waals surface area contributed by atoms with E-state index < -0.39 is 22.8 Å². The number of benzene rings is 2. The van der Waals surface area contributed by atoms with Gasteiger partial charge in [0.2, 0.25) is 5.88 Å². The number of aliphatic hydroxyl groups excluding tert-OH is 1. The number of carbonyl (C=O) groups is 1. The van der Waals surface area contributed by atoms with E-state index in [1.807, 2.05) is 52.8 Å². The number of aryl methyl sites for hydroxylation is 3. The van der Waals surface area contributed by atoms with Gasteiger partial charge in [0.15, 0.2) is 0 Å². The summed E-state index contributed by atoms with van der Waals surface area (Å²) in [5.74, 6) is -0.970. The van der Waals surface area contributed by atoms with Gasteiger partial charge in [-0.05, 0) is 106 Å². The summed E-state index contributed by atoms with van der Waals surface area (Å²) in [6.45, 7) is 10.5. The Morgan fingerprint density at radius 1 is 1.05 bits per heavy atom. The van der Waals surface area contributed by atoms with Crippen molar-refractivity contribution >= 4 is 5.97 Å². The maximum absolute atomic E-state index is 15.1. The van der Waals surface area contributed by atoms with E-state index >= 15 is 4.39 Å². The number of carbonyl (C=O) groups excluding carboxylic acids is 1. The van der Waals surface area contributed by atoms with E-state index in [9.17, 15) is 19.4 Å². The molecule has 0 bridgehead atoms. The van der Waals surface area contributed by atoms with Crippen molar-refractivity contribution in [1.29, 1.82) is 0 Å². The number of nitrogens with zero attached hydrogens (tertiary/aromatic N) is 1. The fourth-order valence-electron chi connectivity index (χ4n) is 6.20. The number of ether oxygens (including phenoxy) is 2. The number of halogens is 2. The summed E-state index contributed by atoms with van der Waals surface area (Å²) in [6.07, 6.45) is 3.41. The van der Waals surface area contributed by atoms with Crippen molar-refractivity contribution in [2.24, 2.45) is 11.8 Å². The molecule has 2 aliphatic carbocycles. The average Bonchev–Trinajstić information content (AvgIpc) is 3.48. The summed E-state index contributed by atoms with van der Waals surface area (Å²) in [4.78, 5) is 17.0. The summed E-state index contributed by atoms with van der Waals surface area (Å²) in [7, 11) is 0. The summed E-state index contributed by atoms with van der Waals surface area (Å²) in [5.41, 5.74) is 4.21. The second-order valence-corrected chi connectivity index (χ2v) is 13.1. The van der Waals surface area contributed by atoms with E-state index in [1.165, 1.54) is 6.07 Å². The zero-order valence-electron chi connectivity index (χ0n) is 25.1. The van der Waals surface area contributed by atoms with Crippen LogP contribution in [0.2, 0.25) is 0 Å². The van der Waals surface area contributed by atoms with Crippen LogP contribution in [0.25, 0.3) is 11.1 Å². The lowest BCUT2D eigenvalue weighted by Gasteiger charge is -2.21. The van der Waals surface area contributed by atoms with Crippen LogP contribution in [0.5, 0.6) is 5.88 Å². The molecule has 1 aromatic heterocycles. The minimum absolute atomic E-state index is 0.120. The van der Waals surface area contributed by atoms with Crippen LogP contribution >= 0.6 is 0 Å². The molecule has 2 N–H and O–H groups in total. The Balaban J connectivity index is 1.29. The molecule has 0 aliphatic heterocycles. The highest BCUT2D eigenvalue weighted by Crippen LogP contribution is 2.62. The monoisotopic (exact) mass is 579 g/mol. The minimum Gasteiger partial charge on any atom is -0.473 e. The molecule has 6 nitrogen and oxygen atoms in total. The summed E-state index contributed by atoms with van der Waals surface area (Å²) >= 11 is 0. The number of aromatic nitrogens is 1. The average molecular weight is 580 g/mol. The van der Waals surface area contributed by atoms with E-state index in [2.05, 4.69) is 4.98 Å². The van der Waals surface area contributed by atoms with Crippen LogP contribution in [0.15, 0.2) is 36.5 Å². The van der Waals surface area contributed by atoms with Gasteiger partial charge in [-0.1, -0.05) is 12.1 Å². The van der Waals surface area contributed by atoms with Crippen molar-refractivity contribution in [3.63, 3.8) is 0 Å². The molecule has 1 saturated carbocycles. The third-order valence-electron chi connectivity index (χ3n) is 8.33. The van der Waals surface area contributed by atoms with Gasteiger partial charge in [0, 0.05) is 35.4 Å². The zero-order chi connectivity index (χ0) is 30.6. The Labute approximate surface area is 245 Å². The number of esters is 1. The summed E-state index contributed by atoms with van der Waals surface area (Å²) in [6, 6.07) is 8.09. The van der Waals surface area contributed by atoms with Crippen molar-refractivity contribution in [2.75, 3.05) is 6.61 Å². The molecular weight excluding hydrogens is 540 g/mol. The van der Waals surface area contributed by atoms with Crippen molar-refractivity contribution in [3.8, 4) is 17.0 Å². The lowest BCUT2D eigenvalue weighted by molar-refractivity contribution is -0.157. The lowest BCUT2D eigenvalue weighted by Crippen LogP contribution is -2.29. The molecule has 3 aromatic rings. The topological polar surface area (TPSA) is 88.9 Å². The largest absolute Gasteiger partial charge is 0.473 e. The Morgan fingerprint density at radius 3 is 2.38 bits per heavy atom. The molecule has 0 spiro atoms. The first-order chi connectivity index (χ1) is 19.7. The number of hydrogen-bond donors (Lipinski definition) is 2. The number of hydrogen-bond acceptors (Lipinski definition) is 6. The highest BCUT2D eigenvalue weighted by atomic mass is 19.1. The second-order valence-electron chi connectivity index (χ2n) is 13.1. The fourth-order valence-corrected chi connectivity index (χ4v) is 6.20. The van der Waals surface area contributed by atoms with Crippen molar-refractivity contribution in [1.82, 2.24) is 4.98 Å². The molecule has 8 heteroatoms. The van der Waals surface area contributed by atoms with E-state index in [-0.39, 0.29) is 48.1 Å². The number of fused-ring (bicyclic) bond motifs is 3. The molecule has 0 radical (unpaired) electrons. The molecule has 2 aromatic carbocycles. The van der Waals surface area contributed by atoms with Crippen molar-refractivity contribution in [2.45, 2.75) is 84.5 Å². The summed E-state index contributed by atoms with van der Waals surface area (Å²) < 4.78 is 41.4. The van der Waals surface area contributed by atoms with Gasteiger partial charge in [0.05, 0.1) is 18.1 Å². The normalized spacial score (nSPS) is 20.5. The summed E-state index contributed by atoms with van der Waals surface area (Å²) in [5, 5.41) is 19.5. The Morgan fingerprint density at radius 2 is 1.74 bits per heavy atom. The van der Waals surface area contributed by atoms with Gasteiger partial charge in [-0.3, -0.25) is 4.79 Å². The SMILES string of the molecule is Cc1cc(CCC(C)(O)CO)cc(C)c1-c1cc(COc2cc3c(cn2)[C@H]2[C@@H](C3)[C@@H]2C(=O)OC(C)(C)C)c(F)cc1F. The van der Waals surface area contributed by atoms with E-state index in [4.69, 9.17) is 9.47 Å². The highest BCUT2D eigenvalue weighted by molar-refractivity contribution is 5.80. The van der Waals surface area contributed by atoms with Gasteiger partial charge in [-0.2, -0.15) is 0 Å². The molecular formula is C34H39F2NO5. The van der Waals surface area contributed by atoms with Crippen LogP contribution < -0.4 is 4.74 Å². The molecule has 4 atom stereocenters. The van der Waals surface area contributed by atoms with Crippen molar-refractivity contribution in [3.05, 3.63) is 81.5 Å². The molecule has 1 fully saturated rings. The third-order valence-corrected chi connectivity index (χ3v) is 8.33. The quantitative estimate of drug-likeness (QED) is 0.297. The lowest BCUT2D eigenvalue weighted by atomic mass is 9.89. The van der Waals surface area contributed by atoms with Crippen LogP contribution in [0.1, 0.15) is 73.4 Å². The molecule has 224 valence electrons. The maximum atomic E-state index is 15.1. The third kappa shape index (κ3) is 6.20. The van der Waals surface area contributed by atoms with E-state index in [0.717, 1.165) is 40.3 Å². The minimum atomic E-state index is -1.17. The van der Waals surface area contributed by atoms with Crippen LogP contribution in [0, 0.1) is 37.3 Å². The first-order valence-electron chi connectivity index (χ1n) is 14.4. The van der Waals surface area contributed by atoms with Crippen LogP contribution in [-0.4, -0.2) is 39.0 Å². The molecule has 1 heterocycles. The van der Waals surface area contributed by atoms with Gasteiger partial charge >= 0.3 is 5.97 Å². The van der Waals surface area contributed by atoms with Gasteiger partial charge in [0.25, 0.3) is 0 Å². The van der Waals surface area contributed by atoms with Gasteiger partial charge in [-0.15, -0.1) is 0 Å². The zero-order valence-corrected chi connectivity index (χ0v) is 25.1. The highest BCUT2D eigenvalue weighted by Gasteiger charge is 2.60. The smallest absolute Gasteiger partial charge is 0.310 e. The number of aliphatic hydroxyl groups is 2. The molecule has 0 amide bonds. The molecule has 1 unspecified atom stereocenters. The molecule has 42 heavy (non-hydrogen) atoms. The molecule has 0 saturated heterocycles. The molecule has 2 aliphatic rings. The number of pyridine rings is 1. The molecule has 5 rings (SSSR count). The first-order valence-corrected chi connectivity index (χ1v) is 14.4. The first kappa shape index (κ1) is 30.1. The van der Waals surface area contributed by atoms with Gasteiger partial charge < -0.3 is 19.7 Å². The van der Waals surface area contributed by atoms with Crippen LogP contribution in [0.4, 0.5) is 8.78 Å². The van der Waals surface area contributed by atoms with Crippen LogP contribution in [0.3, 0.4) is 0 Å². The van der Waals surface area contributed by atoms with E-state index in [1.54, 1.807) is 13.1 Å². The fraction of sp³-hybridized carbons (Fsp3) is 0.471. The van der Waals surface area contributed by atoms with Crippen LogP contribution in [-0.2, 0) is 29.0 Å². The Hall–Kier alpha value is -3.36. The standard InChI is InChI=1S/C34H39F2NO5/c1-18-9-20(7-8-34(6,40)17-38)10-19(2)29(18)23-12-22(26(35)14-27(23)36)16-41-28-13-21-11-24-30(25(21)15-37-28)31(24)32(39)42-33(3,4)5/h9-10,12-15,24,30-31,38,40H,7-8,11,16-17H2,1-6H3/t24-,30-,31+,34?/m1/s1. The van der Waals surface area contributed by atoms with Gasteiger partial charge in [0.1, 0.15) is 23.8 Å². The Bertz CT molecular complexity index is 1500. The van der Waals surface area contributed by atoms with Gasteiger partial charge in [-0.25, -0.2) is 13.8 Å².